The molecule has 2 rings (SSSR count). The summed E-state index contributed by atoms with van der Waals surface area (Å²) in [6.07, 6.45) is 0. The van der Waals surface area contributed by atoms with Crippen LogP contribution in [0.3, 0.4) is 0 Å². The molecule has 2 aromatic carbocycles. The van der Waals surface area contributed by atoms with Crippen molar-refractivity contribution in [3.8, 4) is 6.07 Å². The van der Waals surface area contributed by atoms with Gasteiger partial charge in [-0.2, -0.15) is 5.26 Å². The monoisotopic (exact) mass is 344 g/mol. The molecule has 2 N–H and O–H groups in total. The Morgan fingerprint density at radius 1 is 1.21 bits per heavy atom. The van der Waals surface area contributed by atoms with Gasteiger partial charge in [0.15, 0.2) is 5.96 Å². The number of hydrogen-bond donors (Lipinski definition) is 2. The highest BCUT2D eigenvalue weighted by Gasteiger charge is 2.05. The Bertz CT molecular complexity index is 768. The summed E-state index contributed by atoms with van der Waals surface area (Å²) in [5.74, 6) is 0.157. The Morgan fingerprint density at radius 3 is 2.67 bits per heavy atom. The average molecular weight is 345 g/mol. The van der Waals surface area contributed by atoms with Crippen LogP contribution in [0.15, 0.2) is 47.5 Å². The van der Waals surface area contributed by atoms with E-state index in [1.807, 2.05) is 37.3 Å². The van der Waals surface area contributed by atoms with E-state index in [4.69, 9.17) is 16.9 Å². The fourth-order valence-electron chi connectivity index (χ4n) is 2.07. The molecule has 0 saturated heterocycles. The van der Waals surface area contributed by atoms with Gasteiger partial charge in [0, 0.05) is 23.7 Å². The molecule has 0 bridgehead atoms. The van der Waals surface area contributed by atoms with Crippen LogP contribution in [0.1, 0.15) is 23.6 Å². The van der Waals surface area contributed by atoms with Crippen molar-refractivity contribution >= 4 is 17.6 Å². The van der Waals surface area contributed by atoms with E-state index < -0.39 is 5.82 Å². The molecule has 0 amide bonds. The second-order valence-electron chi connectivity index (χ2n) is 5.06. The Labute approximate surface area is 146 Å². The molecular weight excluding hydrogens is 327 g/mol. The predicted molar refractivity (Wildman–Crippen MR) is 94.2 cm³/mol. The van der Waals surface area contributed by atoms with E-state index in [0.29, 0.717) is 35.2 Å². The summed E-state index contributed by atoms with van der Waals surface area (Å²) < 4.78 is 13.9. The first-order valence-corrected chi connectivity index (χ1v) is 7.96. The Balaban J connectivity index is 2.04. The van der Waals surface area contributed by atoms with Crippen molar-refractivity contribution < 1.29 is 4.39 Å². The molecule has 0 radical (unpaired) electrons. The van der Waals surface area contributed by atoms with Gasteiger partial charge < -0.3 is 10.6 Å². The van der Waals surface area contributed by atoms with Crippen LogP contribution >= 0.6 is 11.6 Å². The Kier molecular flexibility index (Phi) is 6.59. The summed E-state index contributed by atoms with van der Waals surface area (Å²) in [4.78, 5) is 4.46. The fourth-order valence-corrected chi connectivity index (χ4v) is 2.27. The maximum absolute atomic E-state index is 13.9. The summed E-state index contributed by atoms with van der Waals surface area (Å²) in [7, 11) is 0. The van der Waals surface area contributed by atoms with Gasteiger partial charge in [0.05, 0.1) is 18.2 Å². The highest BCUT2D eigenvalue weighted by Crippen LogP contribution is 2.15. The number of nitrogens with one attached hydrogen (secondary N) is 2. The number of rotatable bonds is 5. The quantitative estimate of drug-likeness (QED) is 0.643. The van der Waals surface area contributed by atoms with Gasteiger partial charge in [-0.1, -0.05) is 35.9 Å². The van der Waals surface area contributed by atoms with E-state index in [2.05, 4.69) is 15.6 Å². The van der Waals surface area contributed by atoms with Crippen molar-refractivity contribution in [3.05, 3.63) is 70.0 Å². The second kappa shape index (κ2) is 8.90. The van der Waals surface area contributed by atoms with E-state index >= 15 is 0 Å². The van der Waals surface area contributed by atoms with Crippen molar-refractivity contribution in [2.24, 2.45) is 4.99 Å². The van der Waals surface area contributed by atoms with Crippen LogP contribution in [0.4, 0.5) is 4.39 Å². The molecule has 0 heterocycles. The molecule has 0 aliphatic heterocycles. The molecule has 0 spiro atoms. The average Bonchev–Trinajstić information content (AvgIpc) is 2.59. The predicted octanol–water partition coefficient (Wildman–Crippen LogP) is 3.61. The maximum Gasteiger partial charge on any atom is 0.191 e. The highest BCUT2D eigenvalue weighted by atomic mass is 35.5. The van der Waals surface area contributed by atoms with Gasteiger partial charge >= 0.3 is 0 Å². The number of guanidine groups is 1. The lowest BCUT2D eigenvalue weighted by Gasteiger charge is -2.12. The van der Waals surface area contributed by atoms with Crippen molar-refractivity contribution in [2.75, 3.05) is 6.54 Å². The lowest BCUT2D eigenvalue weighted by Crippen LogP contribution is -2.37. The molecule has 124 valence electrons. The third kappa shape index (κ3) is 4.97. The number of hydrogen-bond acceptors (Lipinski definition) is 2. The van der Waals surface area contributed by atoms with Gasteiger partial charge in [0.2, 0.25) is 0 Å². The number of nitriles is 1. The molecular formula is C18H18ClFN4. The zero-order valence-corrected chi connectivity index (χ0v) is 14.1. The van der Waals surface area contributed by atoms with Crippen LogP contribution in [0.5, 0.6) is 0 Å². The first-order valence-electron chi connectivity index (χ1n) is 7.58. The molecule has 6 heteroatoms. The highest BCUT2D eigenvalue weighted by molar-refractivity contribution is 6.31. The lowest BCUT2D eigenvalue weighted by molar-refractivity contribution is 0.604. The number of nitrogens with zero attached hydrogens (tertiary/aromatic N) is 2. The van der Waals surface area contributed by atoms with Crippen LogP contribution in [0, 0.1) is 17.1 Å². The van der Waals surface area contributed by atoms with Gasteiger partial charge in [0.25, 0.3) is 0 Å². The summed E-state index contributed by atoms with van der Waals surface area (Å²) in [5, 5.41) is 15.6. The van der Waals surface area contributed by atoms with E-state index in [1.165, 1.54) is 6.07 Å². The standard InChI is InChI=1S/C18H18ClFN4/c1-2-22-18(23-11-14-5-3-4-6-16(14)19)24-12-15-8-7-13(10-21)9-17(15)20/h3-9H,2,11-12H2,1H3,(H2,22,23,24). The maximum atomic E-state index is 13.9. The molecule has 0 fully saturated rings. The van der Waals surface area contributed by atoms with Gasteiger partial charge in [-0.3, -0.25) is 0 Å². The molecule has 4 nitrogen and oxygen atoms in total. The van der Waals surface area contributed by atoms with Crippen molar-refractivity contribution in [3.63, 3.8) is 0 Å². The molecule has 0 atom stereocenters. The third-order valence-electron chi connectivity index (χ3n) is 3.34. The zero-order chi connectivity index (χ0) is 17.4. The first kappa shape index (κ1) is 17.8. The van der Waals surface area contributed by atoms with Gasteiger partial charge in [-0.15, -0.1) is 0 Å². The minimum absolute atomic E-state index is 0.270. The number of halogens is 2. The molecule has 0 unspecified atom stereocenters. The van der Waals surface area contributed by atoms with E-state index in [9.17, 15) is 4.39 Å². The van der Waals surface area contributed by atoms with Crippen LogP contribution in [-0.4, -0.2) is 12.5 Å². The van der Waals surface area contributed by atoms with Crippen molar-refractivity contribution in [2.45, 2.75) is 20.0 Å². The lowest BCUT2D eigenvalue weighted by atomic mass is 10.1. The Morgan fingerprint density at radius 2 is 2.00 bits per heavy atom. The normalized spacial score (nSPS) is 11.0. The van der Waals surface area contributed by atoms with Crippen molar-refractivity contribution in [1.82, 2.24) is 10.6 Å². The summed E-state index contributed by atoms with van der Waals surface area (Å²) in [6, 6.07) is 13.8. The molecule has 0 aliphatic rings. The minimum Gasteiger partial charge on any atom is -0.357 e. The van der Waals surface area contributed by atoms with E-state index in [-0.39, 0.29) is 6.54 Å². The molecule has 24 heavy (non-hydrogen) atoms. The zero-order valence-electron chi connectivity index (χ0n) is 13.3. The third-order valence-corrected chi connectivity index (χ3v) is 3.71. The molecule has 0 aliphatic carbocycles. The van der Waals surface area contributed by atoms with Gasteiger partial charge in [0.1, 0.15) is 5.82 Å². The SMILES string of the molecule is CCNC(=NCc1ccccc1Cl)NCc1ccc(C#N)cc1F. The van der Waals surface area contributed by atoms with Crippen LogP contribution in [-0.2, 0) is 13.1 Å². The van der Waals surface area contributed by atoms with E-state index in [0.717, 1.165) is 5.56 Å². The van der Waals surface area contributed by atoms with Crippen LogP contribution in [0.2, 0.25) is 5.02 Å². The van der Waals surface area contributed by atoms with Gasteiger partial charge in [-0.25, -0.2) is 9.38 Å². The van der Waals surface area contributed by atoms with Gasteiger partial charge in [-0.05, 0) is 30.7 Å². The molecule has 0 aromatic heterocycles. The molecule has 0 saturated carbocycles. The Hall–Kier alpha value is -2.58. The summed E-state index contributed by atoms with van der Waals surface area (Å²) in [6.45, 7) is 3.33. The second-order valence-corrected chi connectivity index (χ2v) is 5.47. The summed E-state index contributed by atoms with van der Waals surface area (Å²) in [5.41, 5.74) is 1.69. The topological polar surface area (TPSA) is 60.2 Å². The van der Waals surface area contributed by atoms with E-state index in [1.54, 1.807) is 12.1 Å². The smallest absolute Gasteiger partial charge is 0.191 e. The van der Waals surface area contributed by atoms with Crippen LogP contribution < -0.4 is 10.6 Å². The minimum atomic E-state index is -0.413. The van der Waals surface area contributed by atoms with Crippen LogP contribution in [0.25, 0.3) is 0 Å². The number of benzene rings is 2. The first-order chi connectivity index (χ1) is 11.6. The summed E-state index contributed by atoms with van der Waals surface area (Å²) >= 11 is 6.12. The number of aliphatic imine (C=N–C) groups is 1. The largest absolute Gasteiger partial charge is 0.357 e. The molecule has 2 aromatic rings. The fraction of sp³-hybridized carbons (Fsp3) is 0.222. The van der Waals surface area contributed by atoms with Crippen molar-refractivity contribution in [1.29, 1.82) is 5.26 Å².